The van der Waals surface area contributed by atoms with Gasteiger partial charge in [0.1, 0.15) is 11.5 Å². The summed E-state index contributed by atoms with van der Waals surface area (Å²) in [5.41, 5.74) is 7.96. The van der Waals surface area contributed by atoms with E-state index in [-0.39, 0.29) is 5.91 Å². The van der Waals surface area contributed by atoms with Crippen LogP contribution >= 0.6 is 0 Å². The second-order valence-electron chi connectivity index (χ2n) is 8.00. The van der Waals surface area contributed by atoms with Crippen molar-refractivity contribution < 1.29 is 9.21 Å². The standard InChI is InChI=1S/C26H25N3O2/c1-16(2)19-7-9-20(10-8-19)25-14-23(22-13-17(3)5-12-24(22)28-25)26(30)29-27-15-21-11-6-18(4)31-21/h5-16H,1-4H3,(H,29,30)/b27-15-. The number of nitrogens with zero attached hydrogens (tertiary/aromatic N) is 2. The van der Waals surface area contributed by atoms with Gasteiger partial charge >= 0.3 is 0 Å². The van der Waals surface area contributed by atoms with Crippen LogP contribution in [-0.2, 0) is 0 Å². The molecule has 1 amide bonds. The topological polar surface area (TPSA) is 67.5 Å². The summed E-state index contributed by atoms with van der Waals surface area (Å²) in [6, 6.07) is 19.7. The number of carbonyl (C=O) groups is 1. The predicted octanol–water partition coefficient (Wildman–Crippen LogP) is 6.00. The van der Waals surface area contributed by atoms with Crippen molar-refractivity contribution in [3.8, 4) is 11.3 Å². The van der Waals surface area contributed by atoms with E-state index in [2.05, 4.69) is 48.6 Å². The quantitative estimate of drug-likeness (QED) is 0.323. The molecule has 0 saturated heterocycles. The van der Waals surface area contributed by atoms with Gasteiger partial charge in [-0.2, -0.15) is 5.10 Å². The molecule has 156 valence electrons. The maximum absolute atomic E-state index is 13.0. The molecule has 0 fully saturated rings. The molecule has 31 heavy (non-hydrogen) atoms. The molecular formula is C26H25N3O2. The normalized spacial score (nSPS) is 11.5. The molecule has 0 aliphatic heterocycles. The first-order chi connectivity index (χ1) is 14.9. The zero-order valence-electron chi connectivity index (χ0n) is 18.1. The van der Waals surface area contributed by atoms with Crippen molar-refractivity contribution in [2.45, 2.75) is 33.6 Å². The van der Waals surface area contributed by atoms with Crippen LogP contribution < -0.4 is 5.43 Å². The summed E-state index contributed by atoms with van der Waals surface area (Å²) in [7, 11) is 0. The third-order valence-electron chi connectivity index (χ3n) is 5.20. The molecule has 0 aliphatic rings. The number of amides is 1. The first-order valence-corrected chi connectivity index (χ1v) is 10.3. The van der Waals surface area contributed by atoms with Crippen LogP contribution in [0.5, 0.6) is 0 Å². The molecule has 0 saturated carbocycles. The Hall–Kier alpha value is -3.73. The van der Waals surface area contributed by atoms with Gasteiger partial charge in [-0.25, -0.2) is 10.4 Å². The lowest BCUT2D eigenvalue weighted by atomic mass is 9.99. The first-order valence-electron chi connectivity index (χ1n) is 10.3. The van der Waals surface area contributed by atoms with Crippen LogP contribution in [0, 0.1) is 13.8 Å². The average Bonchev–Trinajstić information content (AvgIpc) is 3.18. The molecule has 2 heterocycles. The lowest BCUT2D eigenvalue weighted by Gasteiger charge is -2.11. The number of aryl methyl sites for hydroxylation is 2. The minimum atomic E-state index is -0.294. The van der Waals surface area contributed by atoms with Gasteiger partial charge in [-0.3, -0.25) is 4.79 Å². The zero-order chi connectivity index (χ0) is 22.0. The highest BCUT2D eigenvalue weighted by Gasteiger charge is 2.14. The third kappa shape index (κ3) is 4.56. The highest BCUT2D eigenvalue weighted by molar-refractivity contribution is 6.07. The van der Waals surface area contributed by atoms with E-state index in [0.717, 1.165) is 33.5 Å². The van der Waals surface area contributed by atoms with Gasteiger partial charge in [0.05, 0.1) is 23.0 Å². The van der Waals surface area contributed by atoms with Crippen molar-refractivity contribution in [2.75, 3.05) is 0 Å². The van der Waals surface area contributed by atoms with Crippen LogP contribution in [0.25, 0.3) is 22.2 Å². The van der Waals surface area contributed by atoms with Gasteiger partial charge in [0, 0.05) is 10.9 Å². The van der Waals surface area contributed by atoms with Crippen molar-refractivity contribution in [3.63, 3.8) is 0 Å². The molecule has 5 nitrogen and oxygen atoms in total. The molecule has 0 bridgehead atoms. The van der Waals surface area contributed by atoms with Gasteiger partial charge in [-0.1, -0.05) is 49.7 Å². The monoisotopic (exact) mass is 411 g/mol. The van der Waals surface area contributed by atoms with Crippen molar-refractivity contribution in [1.82, 2.24) is 10.4 Å². The van der Waals surface area contributed by atoms with Crippen molar-refractivity contribution in [2.24, 2.45) is 5.10 Å². The molecular weight excluding hydrogens is 386 g/mol. The maximum atomic E-state index is 13.0. The predicted molar refractivity (Wildman–Crippen MR) is 125 cm³/mol. The number of rotatable bonds is 5. The fourth-order valence-corrected chi connectivity index (χ4v) is 3.45. The SMILES string of the molecule is Cc1ccc2nc(-c3ccc(C(C)C)cc3)cc(C(=O)N/N=C\c3ccc(C)o3)c2c1. The molecule has 1 N–H and O–H groups in total. The van der Waals surface area contributed by atoms with Crippen LogP contribution in [0.1, 0.15) is 52.8 Å². The van der Waals surface area contributed by atoms with Crippen molar-refractivity contribution >= 4 is 23.0 Å². The number of hydrazone groups is 1. The van der Waals surface area contributed by atoms with Gasteiger partial charge in [0.2, 0.25) is 0 Å². The fourth-order valence-electron chi connectivity index (χ4n) is 3.45. The van der Waals surface area contributed by atoms with Crippen molar-refractivity contribution in [1.29, 1.82) is 0 Å². The summed E-state index contributed by atoms with van der Waals surface area (Å²) < 4.78 is 5.45. The molecule has 2 aromatic heterocycles. The third-order valence-corrected chi connectivity index (χ3v) is 5.20. The number of furan rings is 1. The summed E-state index contributed by atoms with van der Waals surface area (Å²) in [6.07, 6.45) is 1.49. The van der Waals surface area contributed by atoms with E-state index < -0.39 is 0 Å². The van der Waals surface area contributed by atoms with E-state index in [0.29, 0.717) is 17.2 Å². The Labute approximate surface area is 181 Å². The van der Waals surface area contributed by atoms with Gasteiger partial charge < -0.3 is 4.42 Å². The number of aromatic nitrogens is 1. The largest absolute Gasteiger partial charge is 0.460 e. The maximum Gasteiger partial charge on any atom is 0.272 e. The number of carbonyl (C=O) groups excluding carboxylic acids is 1. The lowest BCUT2D eigenvalue weighted by molar-refractivity contribution is 0.0956. The van der Waals surface area contributed by atoms with Gasteiger partial charge in [-0.05, 0) is 55.7 Å². The Balaban J connectivity index is 1.71. The van der Waals surface area contributed by atoms with Gasteiger partial charge in [-0.15, -0.1) is 0 Å². The summed E-state index contributed by atoms with van der Waals surface area (Å²) >= 11 is 0. The Morgan fingerprint density at radius 3 is 2.48 bits per heavy atom. The van der Waals surface area contributed by atoms with Crippen LogP contribution in [0.15, 0.2) is 70.2 Å². The fraction of sp³-hybridized carbons (Fsp3) is 0.192. The molecule has 0 radical (unpaired) electrons. The van der Waals surface area contributed by atoms with E-state index in [1.54, 1.807) is 6.07 Å². The first kappa shape index (κ1) is 20.5. The molecule has 4 aromatic rings. The summed E-state index contributed by atoms with van der Waals surface area (Å²) in [6.45, 7) is 8.19. The number of benzene rings is 2. The number of pyridine rings is 1. The summed E-state index contributed by atoms with van der Waals surface area (Å²) in [5.74, 6) is 1.53. The number of nitrogens with one attached hydrogen (secondary N) is 1. The van der Waals surface area contributed by atoms with Gasteiger partial charge in [0.25, 0.3) is 5.91 Å². The van der Waals surface area contributed by atoms with Crippen LogP contribution in [0.3, 0.4) is 0 Å². The van der Waals surface area contributed by atoms with Crippen LogP contribution in [-0.4, -0.2) is 17.1 Å². The number of hydrogen-bond donors (Lipinski definition) is 1. The summed E-state index contributed by atoms with van der Waals surface area (Å²) in [5, 5.41) is 4.85. The molecule has 0 atom stereocenters. The molecule has 4 rings (SSSR count). The number of fused-ring (bicyclic) bond motifs is 1. The molecule has 2 aromatic carbocycles. The van der Waals surface area contributed by atoms with E-state index in [1.807, 2.05) is 44.2 Å². The second-order valence-corrected chi connectivity index (χ2v) is 8.00. The molecule has 0 unspecified atom stereocenters. The Bertz CT molecular complexity index is 1270. The smallest absolute Gasteiger partial charge is 0.272 e. The summed E-state index contributed by atoms with van der Waals surface area (Å²) in [4.78, 5) is 17.8. The highest BCUT2D eigenvalue weighted by Crippen LogP contribution is 2.27. The minimum Gasteiger partial charge on any atom is -0.460 e. The average molecular weight is 412 g/mol. The van der Waals surface area contributed by atoms with E-state index >= 15 is 0 Å². The van der Waals surface area contributed by atoms with E-state index in [1.165, 1.54) is 11.8 Å². The second kappa shape index (κ2) is 8.56. The van der Waals surface area contributed by atoms with Crippen LogP contribution in [0.4, 0.5) is 0 Å². The Morgan fingerprint density at radius 2 is 1.81 bits per heavy atom. The van der Waals surface area contributed by atoms with Crippen LogP contribution in [0.2, 0.25) is 0 Å². The van der Waals surface area contributed by atoms with E-state index in [9.17, 15) is 4.79 Å². The molecule has 0 aliphatic carbocycles. The van der Waals surface area contributed by atoms with E-state index in [4.69, 9.17) is 9.40 Å². The highest BCUT2D eigenvalue weighted by atomic mass is 16.3. The van der Waals surface area contributed by atoms with Crippen molar-refractivity contribution in [3.05, 3.63) is 88.9 Å². The minimum absolute atomic E-state index is 0.294. The molecule has 5 heteroatoms. The lowest BCUT2D eigenvalue weighted by Crippen LogP contribution is -2.18. The Morgan fingerprint density at radius 1 is 1.03 bits per heavy atom. The zero-order valence-corrected chi connectivity index (χ0v) is 18.1. The van der Waals surface area contributed by atoms with Gasteiger partial charge in [0.15, 0.2) is 0 Å². The Kier molecular flexibility index (Phi) is 5.67. The number of hydrogen-bond acceptors (Lipinski definition) is 4. The molecule has 0 spiro atoms.